The van der Waals surface area contributed by atoms with E-state index in [-0.39, 0.29) is 6.04 Å². The molecule has 0 bridgehead atoms. The van der Waals surface area contributed by atoms with Crippen LogP contribution in [0, 0.1) is 5.92 Å². The Morgan fingerprint density at radius 3 is 2.92 bits per heavy atom. The first-order valence-electron chi connectivity index (χ1n) is 5.12. The molecule has 3 nitrogen and oxygen atoms in total. The van der Waals surface area contributed by atoms with E-state index in [0.717, 1.165) is 19.0 Å². The maximum Gasteiger partial charge on any atom is 0.320 e. The third-order valence-corrected chi connectivity index (χ3v) is 2.92. The largest absolute Gasteiger partial charge is 0.480 e. The number of aliphatic carboxylic acids is 1. The van der Waals surface area contributed by atoms with Crippen molar-refractivity contribution in [2.24, 2.45) is 5.92 Å². The summed E-state index contributed by atoms with van der Waals surface area (Å²) in [5.74, 6) is 0.0314. The zero-order chi connectivity index (χ0) is 9.84. The Hall–Kier alpha value is -0.570. The lowest BCUT2D eigenvalue weighted by Gasteiger charge is -2.20. The van der Waals surface area contributed by atoms with Gasteiger partial charge in [0.2, 0.25) is 0 Å². The molecule has 0 spiro atoms. The van der Waals surface area contributed by atoms with Gasteiger partial charge in [0.05, 0.1) is 0 Å². The SMILES string of the molecule is CCCC1CCN(C(C)C(=O)O)C1. The Labute approximate surface area is 79.7 Å². The van der Waals surface area contributed by atoms with Gasteiger partial charge in [-0.25, -0.2) is 0 Å². The molecule has 0 aromatic rings. The van der Waals surface area contributed by atoms with Gasteiger partial charge in [0.25, 0.3) is 0 Å². The van der Waals surface area contributed by atoms with Gasteiger partial charge in [-0.05, 0) is 32.2 Å². The topological polar surface area (TPSA) is 40.5 Å². The van der Waals surface area contributed by atoms with E-state index in [1.54, 1.807) is 6.92 Å². The third-order valence-electron chi connectivity index (χ3n) is 2.92. The van der Waals surface area contributed by atoms with Gasteiger partial charge in [0.15, 0.2) is 0 Å². The minimum atomic E-state index is -0.697. The zero-order valence-corrected chi connectivity index (χ0v) is 8.49. The molecule has 1 N–H and O–H groups in total. The van der Waals surface area contributed by atoms with Crippen molar-refractivity contribution < 1.29 is 9.90 Å². The average molecular weight is 185 g/mol. The van der Waals surface area contributed by atoms with Crippen molar-refractivity contribution in [3.8, 4) is 0 Å². The number of rotatable bonds is 4. The van der Waals surface area contributed by atoms with Crippen molar-refractivity contribution in [3.63, 3.8) is 0 Å². The van der Waals surface area contributed by atoms with Crippen LogP contribution in [0.2, 0.25) is 0 Å². The summed E-state index contributed by atoms with van der Waals surface area (Å²) in [7, 11) is 0. The Kier molecular flexibility index (Phi) is 3.72. The van der Waals surface area contributed by atoms with Crippen LogP contribution in [0.15, 0.2) is 0 Å². The van der Waals surface area contributed by atoms with E-state index in [1.807, 2.05) is 0 Å². The van der Waals surface area contributed by atoms with Crippen molar-refractivity contribution in [2.75, 3.05) is 13.1 Å². The van der Waals surface area contributed by atoms with E-state index in [1.165, 1.54) is 19.3 Å². The second-order valence-electron chi connectivity index (χ2n) is 3.95. The molecule has 2 unspecified atom stereocenters. The second kappa shape index (κ2) is 4.61. The lowest BCUT2D eigenvalue weighted by Crippen LogP contribution is -2.37. The Balaban J connectivity index is 2.36. The Morgan fingerprint density at radius 1 is 1.69 bits per heavy atom. The van der Waals surface area contributed by atoms with Crippen LogP contribution in [0.25, 0.3) is 0 Å². The maximum absolute atomic E-state index is 10.7. The quantitative estimate of drug-likeness (QED) is 0.723. The standard InChI is InChI=1S/C10H19NO2/c1-3-4-9-5-6-11(7-9)8(2)10(12)13/h8-9H,3-7H2,1-2H3,(H,12,13). The van der Waals surface area contributed by atoms with Crippen LogP contribution in [0.3, 0.4) is 0 Å². The van der Waals surface area contributed by atoms with E-state index in [0.29, 0.717) is 0 Å². The molecular weight excluding hydrogens is 166 g/mol. The fourth-order valence-corrected chi connectivity index (χ4v) is 2.01. The molecule has 3 heteroatoms. The lowest BCUT2D eigenvalue weighted by atomic mass is 10.0. The summed E-state index contributed by atoms with van der Waals surface area (Å²) in [5, 5.41) is 8.82. The van der Waals surface area contributed by atoms with Crippen molar-refractivity contribution in [1.82, 2.24) is 4.90 Å². The summed E-state index contributed by atoms with van der Waals surface area (Å²) < 4.78 is 0. The molecule has 0 aliphatic carbocycles. The van der Waals surface area contributed by atoms with E-state index in [2.05, 4.69) is 11.8 Å². The molecule has 0 aromatic carbocycles. The first-order valence-corrected chi connectivity index (χ1v) is 5.12. The summed E-state index contributed by atoms with van der Waals surface area (Å²) in [6, 6.07) is -0.304. The molecule has 1 rings (SSSR count). The van der Waals surface area contributed by atoms with Crippen molar-refractivity contribution in [1.29, 1.82) is 0 Å². The predicted octanol–water partition coefficient (Wildman–Crippen LogP) is 1.58. The van der Waals surface area contributed by atoms with Gasteiger partial charge in [-0.15, -0.1) is 0 Å². The summed E-state index contributed by atoms with van der Waals surface area (Å²) in [6.45, 7) is 5.89. The van der Waals surface area contributed by atoms with Crippen molar-refractivity contribution in [3.05, 3.63) is 0 Å². The minimum Gasteiger partial charge on any atom is -0.480 e. The van der Waals surface area contributed by atoms with E-state index >= 15 is 0 Å². The summed E-state index contributed by atoms with van der Waals surface area (Å²) in [6.07, 6.45) is 3.62. The first-order chi connectivity index (χ1) is 6.15. The highest BCUT2D eigenvalue weighted by Crippen LogP contribution is 2.22. The molecular formula is C10H19NO2. The number of likely N-dealkylation sites (tertiary alicyclic amines) is 1. The second-order valence-corrected chi connectivity index (χ2v) is 3.95. The highest BCUT2D eigenvalue weighted by Gasteiger charge is 2.28. The molecule has 13 heavy (non-hydrogen) atoms. The van der Waals surface area contributed by atoms with Crippen LogP contribution in [0.4, 0.5) is 0 Å². The molecule has 1 aliphatic heterocycles. The molecule has 1 saturated heterocycles. The normalized spacial score (nSPS) is 26.2. The fourth-order valence-electron chi connectivity index (χ4n) is 2.01. The Bertz CT molecular complexity index is 182. The summed E-state index contributed by atoms with van der Waals surface area (Å²) >= 11 is 0. The molecule has 0 aromatic heterocycles. The van der Waals surface area contributed by atoms with Gasteiger partial charge in [-0.1, -0.05) is 13.3 Å². The van der Waals surface area contributed by atoms with Gasteiger partial charge in [-0.3, -0.25) is 9.69 Å². The van der Waals surface area contributed by atoms with Gasteiger partial charge >= 0.3 is 5.97 Å². The highest BCUT2D eigenvalue weighted by atomic mass is 16.4. The Morgan fingerprint density at radius 2 is 2.38 bits per heavy atom. The summed E-state index contributed by atoms with van der Waals surface area (Å²) in [5.41, 5.74) is 0. The van der Waals surface area contributed by atoms with Crippen LogP contribution in [-0.4, -0.2) is 35.1 Å². The van der Waals surface area contributed by atoms with E-state index in [9.17, 15) is 4.79 Å². The number of carboxylic acids is 1. The van der Waals surface area contributed by atoms with Gasteiger partial charge < -0.3 is 5.11 Å². The van der Waals surface area contributed by atoms with Gasteiger partial charge in [0, 0.05) is 6.54 Å². The lowest BCUT2D eigenvalue weighted by molar-refractivity contribution is -0.142. The maximum atomic E-state index is 10.7. The van der Waals surface area contributed by atoms with Crippen LogP contribution >= 0.6 is 0 Å². The summed E-state index contributed by atoms with van der Waals surface area (Å²) in [4.78, 5) is 12.8. The highest BCUT2D eigenvalue weighted by molar-refractivity contribution is 5.72. The predicted molar refractivity (Wildman–Crippen MR) is 51.7 cm³/mol. The fraction of sp³-hybridized carbons (Fsp3) is 0.900. The number of nitrogens with zero attached hydrogens (tertiary/aromatic N) is 1. The smallest absolute Gasteiger partial charge is 0.320 e. The number of carbonyl (C=O) groups is 1. The van der Waals surface area contributed by atoms with Crippen LogP contribution < -0.4 is 0 Å². The number of hydrogen-bond donors (Lipinski definition) is 1. The minimum absolute atomic E-state index is 0.304. The third kappa shape index (κ3) is 2.69. The van der Waals surface area contributed by atoms with Crippen LogP contribution in [0.1, 0.15) is 33.1 Å². The molecule has 1 heterocycles. The zero-order valence-electron chi connectivity index (χ0n) is 8.49. The van der Waals surface area contributed by atoms with Crippen LogP contribution in [-0.2, 0) is 4.79 Å². The van der Waals surface area contributed by atoms with Gasteiger partial charge in [0.1, 0.15) is 6.04 Å². The molecule has 0 amide bonds. The molecule has 76 valence electrons. The first kappa shape index (κ1) is 10.5. The molecule has 1 aliphatic rings. The van der Waals surface area contributed by atoms with Gasteiger partial charge in [-0.2, -0.15) is 0 Å². The molecule has 2 atom stereocenters. The van der Waals surface area contributed by atoms with Crippen LogP contribution in [0.5, 0.6) is 0 Å². The van der Waals surface area contributed by atoms with Crippen molar-refractivity contribution in [2.45, 2.75) is 39.2 Å². The monoisotopic (exact) mass is 185 g/mol. The number of hydrogen-bond acceptors (Lipinski definition) is 2. The number of carboxylic acid groups (broad SMARTS) is 1. The van der Waals surface area contributed by atoms with Crippen molar-refractivity contribution >= 4 is 5.97 Å². The molecule has 1 fully saturated rings. The van der Waals surface area contributed by atoms with E-state index < -0.39 is 5.97 Å². The van der Waals surface area contributed by atoms with E-state index in [4.69, 9.17) is 5.11 Å². The molecule has 0 radical (unpaired) electrons. The molecule has 0 saturated carbocycles. The average Bonchev–Trinajstić information content (AvgIpc) is 2.52.